The Morgan fingerprint density at radius 2 is 2.18 bits per heavy atom. The minimum atomic E-state index is -0.324. The van der Waals surface area contributed by atoms with Gasteiger partial charge in [-0.3, -0.25) is 14.6 Å². The molecule has 2 aromatic rings. The topological polar surface area (TPSA) is 71.1 Å². The molecule has 2 N–H and O–H groups in total. The molecule has 0 radical (unpaired) electrons. The number of anilines is 1. The number of pyridine rings is 1. The molecule has 1 aliphatic rings. The highest BCUT2D eigenvalue weighted by atomic mass is 35.5. The third-order valence-corrected chi connectivity index (χ3v) is 3.73. The molecule has 2 heterocycles. The molecule has 0 spiro atoms. The maximum Gasteiger partial charge on any atom is 0.274 e. The molecule has 0 saturated carbocycles. The van der Waals surface area contributed by atoms with Crippen LogP contribution in [0.5, 0.6) is 0 Å². The molecule has 0 aliphatic carbocycles. The Labute approximate surface area is 132 Å². The van der Waals surface area contributed by atoms with Gasteiger partial charge in [0, 0.05) is 23.3 Å². The number of hydrogen-bond acceptors (Lipinski definition) is 3. The van der Waals surface area contributed by atoms with Crippen LogP contribution in [0.2, 0.25) is 5.02 Å². The van der Waals surface area contributed by atoms with Gasteiger partial charge in [-0.25, -0.2) is 0 Å². The van der Waals surface area contributed by atoms with Gasteiger partial charge >= 0.3 is 0 Å². The normalized spacial score (nSPS) is 17.1. The van der Waals surface area contributed by atoms with Gasteiger partial charge in [-0.1, -0.05) is 23.7 Å². The Kier molecular flexibility index (Phi) is 4.06. The van der Waals surface area contributed by atoms with E-state index >= 15 is 0 Å². The first-order valence-electron chi connectivity index (χ1n) is 6.94. The van der Waals surface area contributed by atoms with E-state index in [1.165, 1.54) is 12.3 Å². The smallest absolute Gasteiger partial charge is 0.274 e. The summed E-state index contributed by atoms with van der Waals surface area (Å²) in [6.07, 6.45) is 2.79. The van der Waals surface area contributed by atoms with E-state index in [1.807, 2.05) is 18.2 Å². The summed E-state index contributed by atoms with van der Waals surface area (Å²) in [6.45, 7) is 0. The number of hydrogen-bond donors (Lipinski definition) is 2. The number of nitrogens with one attached hydrogen (secondary N) is 2. The van der Waals surface area contributed by atoms with Gasteiger partial charge in [-0.05, 0) is 36.2 Å². The summed E-state index contributed by atoms with van der Waals surface area (Å²) < 4.78 is 0. The molecule has 3 rings (SSSR count). The van der Waals surface area contributed by atoms with Gasteiger partial charge < -0.3 is 10.6 Å². The third kappa shape index (κ3) is 3.26. The summed E-state index contributed by atoms with van der Waals surface area (Å²) in [5, 5.41) is 6.16. The molecule has 1 fully saturated rings. The zero-order chi connectivity index (χ0) is 15.5. The highest BCUT2D eigenvalue weighted by Crippen LogP contribution is 2.25. The van der Waals surface area contributed by atoms with Crippen molar-refractivity contribution in [3.05, 3.63) is 58.9 Å². The van der Waals surface area contributed by atoms with Crippen LogP contribution in [0.4, 0.5) is 5.69 Å². The minimum Gasteiger partial charge on any atom is -0.349 e. The van der Waals surface area contributed by atoms with Gasteiger partial charge in [0.25, 0.3) is 5.91 Å². The number of carbonyl (C=O) groups is 2. The molecule has 1 aliphatic heterocycles. The molecule has 112 valence electrons. The quantitative estimate of drug-likeness (QED) is 0.914. The lowest BCUT2D eigenvalue weighted by Gasteiger charge is -2.12. The standard InChI is InChI=1S/C16H14ClN3O2/c17-11-6-7-18-14(9-11)16(22)19-12-3-1-2-10(8-12)13-4-5-15(21)20-13/h1-3,6-9,13H,4-5H2,(H,19,22)(H,20,21). The van der Waals surface area contributed by atoms with Crippen molar-refractivity contribution >= 4 is 29.1 Å². The van der Waals surface area contributed by atoms with Crippen LogP contribution in [-0.2, 0) is 4.79 Å². The molecule has 22 heavy (non-hydrogen) atoms. The number of nitrogens with zero attached hydrogens (tertiary/aromatic N) is 1. The highest BCUT2D eigenvalue weighted by Gasteiger charge is 2.22. The van der Waals surface area contributed by atoms with Crippen molar-refractivity contribution in [2.75, 3.05) is 5.32 Å². The van der Waals surface area contributed by atoms with Crippen LogP contribution in [0.3, 0.4) is 0 Å². The Bertz CT molecular complexity index is 733. The Morgan fingerprint density at radius 3 is 2.91 bits per heavy atom. The molecule has 6 heteroatoms. The second-order valence-electron chi connectivity index (χ2n) is 5.10. The zero-order valence-electron chi connectivity index (χ0n) is 11.7. The molecular formula is C16H14ClN3O2. The summed E-state index contributed by atoms with van der Waals surface area (Å²) in [6, 6.07) is 10.6. The first-order chi connectivity index (χ1) is 10.6. The zero-order valence-corrected chi connectivity index (χ0v) is 12.4. The van der Waals surface area contributed by atoms with Crippen LogP contribution in [0.15, 0.2) is 42.6 Å². The van der Waals surface area contributed by atoms with E-state index < -0.39 is 0 Å². The summed E-state index contributed by atoms with van der Waals surface area (Å²) in [7, 11) is 0. The van der Waals surface area contributed by atoms with E-state index in [-0.39, 0.29) is 23.6 Å². The predicted molar refractivity (Wildman–Crippen MR) is 83.8 cm³/mol. The van der Waals surface area contributed by atoms with Crippen LogP contribution in [0.25, 0.3) is 0 Å². The van der Waals surface area contributed by atoms with Gasteiger partial charge in [0.1, 0.15) is 5.69 Å². The molecule has 2 amide bonds. The second-order valence-corrected chi connectivity index (χ2v) is 5.53. The lowest BCUT2D eigenvalue weighted by molar-refractivity contribution is -0.119. The van der Waals surface area contributed by atoms with Crippen molar-refractivity contribution in [3.63, 3.8) is 0 Å². The molecule has 0 bridgehead atoms. The first kappa shape index (κ1) is 14.5. The summed E-state index contributed by atoms with van der Waals surface area (Å²) in [4.78, 5) is 27.4. The lowest BCUT2D eigenvalue weighted by atomic mass is 10.0. The number of rotatable bonds is 3. The third-order valence-electron chi connectivity index (χ3n) is 3.50. The van der Waals surface area contributed by atoms with E-state index in [0.29, 0.717) is 17.1 Å². The number of halogens is 1. The molecule has 1 unspecified atom stereocenters. The van der Waals surface area contributed by atoms with Crippen molar-refractivity contribution in [2.45, 2.75) is 18.9 Å². The van der Waals surface area contributed by atoms with E-state index in [9.17, 15) is 9.59 Å². The van der Waals surface area contributed by atoms with Crippen LogP contribution in [-0.4, -0.2) is 16.8 Å². The predicted octanol–water partition coefficient (Wildman–Crippen LogP) is 2.94. The van der Waals surface area contributed by atoms with Crippen LogP contribution in [0, 0.1) is 0 Å². The number of carbonyl (C=O) groups excluding carboxylic acids is 2. The van der Waals surface area contributed by atoms with Gasteiger partial charge in [-0.15, -0.1) is 0 Å². The summed E-state index contributed by atoms with van der Waals surface area (Å²) >= 11 is 5.86. The Hall–Kier alpha value is -2.40. The lowest BCUT2D eigenvalue weighted by Crippen LogP contribution is -2.18. The van der Waals surface area contributed by atoms with E-state index in [2.05, 4.69) is 15.6 Å². The first-order valence-corrected chi connectivity index (χ1v) is 7.32. The highest BCUT2D eigenvalue weighted by molar-refractivity contribution is 6.30. The molecule has 1 aromatic heterocycles. The number of amides is 2. The maximum absolute atomic E-state index is 12.1. The fourth-order valence-corrected chi connectivity index (χ4v) is 2.58. The minimum absolute atomic E-state index is 0.00801. The number of benzene rings is 1. The largest absolute Gasteiger partial charge is 0.349 e. The van der Waals surface area contributed by atoms with Crippen LogP contribution in [0.1, 0.15) is 34.9 Å². The molecule has 5 nitrogen and oxygen atoms in total. The molecule has 1 atom stereocenters. The monoisotopic (exact) mass is 315 g/mol. The van der Waals surface area contributed by atoms with E-state index in [1.54, 1.807) is 12.1 Å². The van der Waals surface area contributed by atoms with E-state index in [0.717, 1.165) is 12.0 Å². The fraction of sp³-hybridized carbons (Fsp3) is 0.188. The van der Waals surface area contributed by atoms with Crippen LogP contribution < -0.4 is 10.6 Å². The fourth-order valence-electron chi connectivity index (χ4n) is 2.42. The summed E-state index contributed by atoms with van der Waals surface area (Å²) in [5.74, 6) is -0.266. The SMILES string of the molecule is O=C1CCC(c2cccc(NC(=O)c3cc(Cl)ccn3)c2)N1. The van der Waals surface area contributed by atoms with Crippen LogP contribution >= 0.6 is 11.6 Å². The summed E-state index contributed by atoms with van der Waals surface area (Å²) in [5.41, 5.74) is 1.89. The average molecular weight is 316 g/mol. The van der Waals surface area contributed by atoms with Gasteiger partial charge in [0.15, 0.2) is 0 Å². The molecule has 1 saturated heterocycles. The second kappa shape index (κ2) is 6.15. The number of aromatic nitrogens is 1. The molecule has 1 aromatic carbocycles. The van der Waals surface area contributed by atoms with Gasteiger partial charge in [0.05, 0.1) is 6.04 Å². The van der Waals surface area contributed by atoms with Gasteiger partial charge in [0.2, 0.25) is 5.91 Å². The van der Waals surface area contributed by atoms with Crippen molar-refractivity contribution in [1.29, 1.82) is 0 Å². The average Bonchev–Trinajstić information content (AvgIpc) is 2.94. The van der Waals surface area contributed by atoms with Crippen molar-refractivity contribution in [1.82, 2.24) is 10.3 Å². The van der Waals surface area contributed by atoms with Gasteiger partial charge in [-0.2, -0.15) is 0 Å². The van der Waals surface area contributed by atoms with Crippen molar-refractivity contribution < 1.29 is 9.59 Å². The Balaban J connectivity index is 1.75. The van der Waals surface area contributed by atoms with E-state index in [4.69, 9.17) is 11.6 Å². The van der Waals surface area contributed by atoms with Crippen molar-refractivity contribution in [2.24, 2.45) is 0 Å². The maximum atomic E-state index is 12.1. The Morgan fingerprint density at radius 1 is 1.32 bits per heavy atom. The molecular weight excluding hydrogens is 302 g/mol. The van der Waals surface area contributed by atoms with Crippen molar-refractivity contribution in [3.8, 4) is 0 Å².